The number of nitrogens with zero attached hydrogens (tertiary/aromatic N) is 2. The molecule has 1 atom stereocenters. The number of hydrogen-bond donors (Lipinski definition) is 0. The van der Waals surface area contributed by atoms with Crippen molar-refractivity contribution in [2.75, 3.05) is 11.4 Å². The van der Waals surface area contributed by atoms with E-state index in [9.17, 15) is 27.2 Å². The molecule has 0 radical (unpaired) electrons. The highest BCUT2D eigenvalue weighted by atomic mass is 127. The van der Waals surface area contributed by atoms with Gasteiger partial charge >= 0.3 is 10.2 Å². The van der Waals surface area contributed by atoms with Gasteiger partial charge in [0.15, 0.2) is 0 Å². The summed E-state index contributed by atoms with van der Waals surface area (Å²) in [6.45, 7) is -0.477. The predicted molar refractivity (Wildman–Crippen MR) is 81.6 cm³/mol. The van der Waals surface area contributed by atoms with Crippen LogP contribution in [0.3, 0.4) is 0 Å². The van der Waals surface area contributed by atoms with Gasteiger partial charge in [0.25, 0.3) is 5.69 Å². The zero-order chi connectivity index (χ0) is 15.9. The summed E-state index contributed by atoms with van der Waals surface area (Å²) < 4.78 is 35.2. The number of benzene rings is 1. The predicted octanol–water partition coefficient (Wildman–Crippen LogP) is 2.26. The maximum absolute atomic E-state index is 13.0. The molecule has 0 saturated carbocycles. The van der Waals surface area contributed by atoms with E-state index >= 15 is 0 Å². The fourth-order valence-electron chi connectivity index (χ4n) is 1.98. The number of carbonyl (C=O) groups is 1. The Morgan fingerprint density at radius 3 is 2.57 bits per heavy atom. The number of nitro benzene ring substituents is 1. The van der Waals surface area contributed by atoms with Crippen molar-refractivity contribution >= 4 is 61.7 Å². The first-order valence-corrected chi connectivity index (χ1v) is 8.39. The standard InChI is InChI=1S/C10H7ClFIN2O5S/c11-6-2-8(9(15(17)18)3-7(6)13)14-4-5(1-10(14)16)21(12,19)20/h2-3,5H,1,4H2. The third-order valence-corrected chi connectivity index (χ3v) is 5.63. The third kappa shape index (κ3) is 3.26. The lowest BCUT2D eigenvalue weighted by molar-refractivity contribution is -0.384. The number of halogens is 3. The van der Waals surface area contributed by atoms with E-state index in [0.29, 0.717) is 3.57 Å². The molecule has 1 amide bonds. The molecule has 0 bridgehead atoms. The number of nitro groups is 1. The first-order valence-electron chi connectivity index (χ1n) is 5.48. The zero-order valence-corrected chi connectivity index (χ0v) is 13.9. The van der Waals surface area contributed by atoms with E-state index in [0.717, 1.165) is 4.90 Å². The molecule has 1 aliphatic heterocycles. The van der Waals surface area contributed by atoms with Gasteiger partial charge in [-0.25, -0.2) is 0 Å². The lowest BCUT2D eigenvalue weighted by Gasteiger charge is -2.16. The highest BCUT2D eigenvalue weighted by Gasteiger charge is 2.41. The van der Waals surface area contributed by atoms with Crippen LogP contribution >= 0.6 is 34.2 Å². The molecule has 0 N–H and O–H groups in total. The summed E-state index contributed by atoms with van der Waals surface area (Å²) in [5.41, 5.74) is -0.532. The number of anilines is 1. The van der Waals surface area contributed by atoms with E-state index in [1.54, 1.807) is 22.6 Å². The Kier molecular flexibility index (Phi) is 4.40. The highest BCUT2D eigenvalue weighted by molar-refractivity contribution is 14.1. The highest BCUT2D eigenvalue weighted by Crippen LogP contribution is 2.37. The van der Waals surface area contributed by atoms with Gasteiger partial charge in [-0.1, -0.05) is 11.6 Å². The van der Waals surface area contributed by atoms with Crippen LogP contribution in [0.5, 0.6) is 0 Å². The van der Waals surface area contributed by atoms with Gasteiger partial charge in [-0.3, -0.25) is 14.9 Å². The van der Waals surface area contributed by atoms with Gasteiger partial charge in [0.05, 0.1) is 9.95 Å². The van der Waals surface area contributed by atoms with Crippen LogP contribution in [0, 0.1) is 13.7 Å². The smallest absolute Gasteiger partial charge is 0.305 e. The summed E-state index contributed by atoms with van der Waals surface area (Å²) in [5, 5.41) is 9.71. The van der Waals surface area contributed by atoms with Crippen molar-refractivity contribution < 1.29 is 22.0 Å². The second-order valence-electron chi connectivity index (χ2n) is 4.32. The maximum atomic E-state index is 13.0. The second kappa shape index (κ2) is 5.65. The first-order chi connectivity index (χ1) is 9.61. The number of rotatable bonds is 3. The van der Waals surface area contributed by atoms with Crippen molar-refractivity contribution in [3.63, 3.8) is 0 Å². The van der Waals surface area contributed by atoms with Crippen LogP contribution in [0.15, 0.2) is 12.1 Å². The molecular weight excluding hydrogens is 442 g/mol. The molecule has 0 aromatic heterocycles. The number of hydrogen-bond acceptors (Lipinski definition) is 5. The minimum atomic E-state index is -4.89. The Morgan fingerprint density at radius 2 is 2.10 bits per heavy atom. The van der Waals surface area contributed by atoms with Crippen molar-refractivity contribution in [3.8, 4) is 0 Å². The molecule has 7 nitrogen and oxygen atoms in total. The van der Waals surface area contributed by atoms with E-state index in [-0.39, 0.29) is 10.7 Å². The molecular formula is C10H7ClFIN2O5S. The average Bonchev–Trinajstić information content (AvgIpc) is 2.74. The van der Waals surface area contributed by atoms with Crippen LogP contribution in [0.4, 0.5) is 15.3 Å². The first kappa shape index (κ1) is 16.4. The molecule has 11 heteroatoms. The minimum Gasteiger partial charge on any atom is -0.305 e. The fourth-order valence-corrected chi connectivity index (χ4v) is 3.26. The van der Waals surface area contributed by atoms with Gasteiger partial charge in [-0.2, -0.15) is 8.42 Å². The molecule has 0 aliphatic carbocycles. The maximum Gasteiger partial charge on any atom is 0.307 e. The van der Waals surface area contributed by atoms with E-state index in [1.807, 2.05) is 0 Å². The largest absolute Gasteiger partial charge is 0.307 e. The lowest BCUT2D eigenvalue weighted by atomic mass is 10.2. The SMILES string of the molecule is O=C1CC(S(=O)(=O)F)CN1c1cc(Cl)c(I)cc1[N+](=O)[O-]. The van der Waals surface area contributed by atoms with Crippen LogP contribution in [0.25, 0.3) is 0 Å². The lowest BCUT2D eigenvalue weighted by Crippen LogP contribution is -2.27. The summed E-state index contributed by atoms with van der Waals surface area (Å²) in [7, 11) is -4.89. The van der Waals surface area contributed by atoms with E-state index in [4.69, 9.17) is 11.6 Å². The van der Waals surface area contributed by atoms with Crippen LogP contribution in [-0.2, 0) is 15.0 Å². The molecule has 1 fully saturated rings. The second-order valence-corrected chi connectivity index (χ2v) is 7.51. The molecule has 1 saturated heterocycles. The average molecular weight is 449 g/mol. The van der Waals surface area contributed by atoms with Crippen LogP contribution in [-0.4, -0.2) is 31.0 Å². The van der Waals surface area contributed by atoms with Gasteiger partial charge in [-0.05, 0) is 28.7 Å². The van der Waals surface area contributed by atoms with Crippen molar-refractivity contribution in [1.29, 1.82) is 0 Å². The number of amides is 1. The normalized spacial score (nSPS) is 19.1. The number of carbonyl (C=O) groups excluding carboxylic acids is 1. The van der Waals surface area contributed by atoms with Gasteiger partial charge in [0.1, 0.15) is 10.9 Å². The Bertz CT molecular complexity index is 741. The van der Waals surface area contributed by atoms with Crippen LogP contribution < -0.4 is 4.90 Å². The van der Waals surface area contributed by atoms with Crippen molar-refractivity contribution in [3.05, 3.63) is 30.8 Å². The van der Waals surface area contributed by atoms with Gasteiger partial charge in [0.2, 0.25) is 5.91 Å². The monoisotopic (exact) mass is 448 g/mol. The summed E-state index contributed by atoms with van der Waals surface area (Å²) >= 11 is 7.67. The Morgan fingerprint density at radius 1 is 1.48 bits per heavy atom. The minimum absolute atomic E-state index is 0.137. The quantitative estimate of drug-likeness (QED) is 0.306. The molecule has 114 valence electrons. The van der Waals surface area contributed by atoms with Crippen molar-refractivity contribution in [2.24, 2.45) is 0 Å². The van der Waals surface area contributed by atoms with E-state index in [1.165, 1.54) is 12.1 Å². The summed E-state index contributed by atoms with van der Waals surface area (Å²) in [5.74, 6) is -0.707. The van der Waals surface area contributed by atoms with Gasteiger partial charge < -0.3 is 4.90 Å². The Labute approximate surface area is 137 Å². The Balaban J connectivity index is 2.50. The molecule has 2 rings (SSSR count). The fraction of sp³-hybridized carbons (Fsp3) is 0.300. The molecule has 0 spiro atoms. The Hall–Kier alpha value is -1.01. The topological polar surface area (TPSA) is 97.6 Å². The van der Waals surface area contributed by atoms with Gasteiger partial charge in [0, 0.05) is 22.6 Å². The molecule has 1 aliphatic rings. The van der Waals surface area contributed by atoms with Crippen molar-refractivity contribution in [1.82, 2.24) is 0 Å². The molecule has 1 aromatic carbocycles. The zero-order valence-electron chi connectivity index (χ0n) is 10.1. The van der Waals surface area contributed by atoms with Gasteiger partial charge in [-0.15, -0.1) is 3.89 Å². The van der Waals surface area contributed by atoms with Crippen LogP contribution in [0.2, 0.25) is 5.02 Å². The third-order valence-electron chi connectivity index (χ3n) is 2.99. The molecule has 1 unspecified atom stereocenters. The molecule has 1 heterocycles. The van der Waals surface area contributed by atoms with Crippen molar-refractivity contribution in [2.45, 2.75) is 11.7 Å². The molecule has 1 aromatic rings. The summed E-state index contributed by atoms with van der Waals surface area (Å²) in [6.07, 6.45) is -0.556. The summed E-state index contributed by atoms with van der Waals surface area (Å²) in [6, 6.07) is 2.37. The molecule has 21 heavy (non-hydrogen) atoms. The summed E-state index contributed by atoms with van der Waals surface area (Å²) in [4.78, 5) is 23.1. The van der Waals surface area contributed by atoms with E-state index in [2.05, 4.69) is 0 Å². The van der Waals surface area contributed by atoms with E-state index < -0.39 is 45.0 Å². The van der Waals surface area contributed by atoms with Crippen LogP contribution in [0.1, 0.15) is 6.42 Å².